The highest BCUT2D eigenvalue weighted by Crippen LogP contribution is 2.34. The first-order chi connectivity index (χ1) is 14.5. The molecule has 1 heterocycles. The molecule has 0 bridgehead atoms. The van der Waals surface area contributed by atoms with Gasteiger partial charge in [-0.1, -0.05) is 18.2 Å². The van der Waals surface area contributed by atoms with Gasteiger partial charge in [0.15, 0.2) is 11.2 Å². The topological polar surface area (TPSA) is 136 Å². The minimum absolute atomic E-state index is 0.00265. The van der Waals surface area contributed by atoms with E-state index in [9.17, 15) is 20.0 Å². The first-order valence-corrected chi connectivity index (χ1v) is 8.50. The van der Waals surface area contributed by atoms with Crippen LogP contribution in [0.3, 0.4) is 0 Å². The zero-order valence-corrected chi connectivity index (χ0v) is 15.1. The maximum absolute atomic E-state index is 11.7. The largest absolute Gasteiger partial charge is 0.478 e. The van der Waals surface area contributed by atoms with E-state index in [0.29, 0.717) is 28.2 Å². The molecule has 10 heteroatoms. The summed E-state index contributed by atoms with van der Waals surface area (Å²) >= 11 is 0. The highest BCUT2D eigenvalue weighted by Gasteiger charge is 2.20. The monoisotopic (exact) mass is 401 g/mol. The smallest absolute Gasteiger partial charge is 0.336 e. The van der Waals surface area contributed by atoms with Gasteiger partial charge < -0.3 is 10.4 Å². The number of non-ortho nitro benzene ring substituents is 1. The van der Waals surface area contributed by atoms with Crippen molar-refractivity contribution in [2.75, 3.05) is 5.32 Å². The number of hydrogen-bond acceptors (Lipinski definition) is 7. The van der Waals surface area contributed by atoms with Crippen molar-refractivity contribution in [3.63, 3.8) is 0 Å². The lowest BCUT2D eigenvalue weighted by atomic mass is 9.98. The molecule has 0 spiro atoms. The van der Waals surface area contributed by atoms with Crippen LogP contribution in [0.1, 0.15) is 10.4 Å². The van der Waals surface area contributed by atoms with Crippen LogP contribution in [-0.2, 0) is 0 Å². The van der Waals surface area contributed by atoms with Crippen LogP contribution in [0.15, 0.2) is 59.2 Å². The molecule has 10 nitrogen and oxygen atoms in total. The van der Waals surface area contributed by atoms with Gasteiger partial charge in [-0.2, -0.15) is 0 Å². The third kappa shape index (κ3) is 3.27. The van der Waals surface area contributed by atoms with E-state index >= 15 is 0 Å². The molecule has 0 unspecified atom stereocenters. The number of nitro benzene ring substituents is 1. The van der Waals surface area contributed by atoms with E-state index < -0.39 is 10.9 Å². The quantitative estimate of drug-likeness (QED) is 0.277. The summed E-state index contributed by atoms with van der Waals surface area (Å²) in [5, 5.41) is 31.1. The predicted molar refractivity (Wildman–Crippen MR) is 107 cm³/mol. The molecular weight excluding hydrogens is 390 g/mol. The van der Waals surface area contributed by atoms with Gasteiger partial charge in [-0.15, -0.1) is 0 Å². The van der Waals surface area contributed by atoms with Crippen LogP contribution in [0.5, 0.6) is 0 Å². The Kier molecular flexibility index (Phi) is 4.54. The summed E-state index contributed by atoms with van der Waals surface area (Å²) in [6, 6.07) is 14.0. The van der Waals surface area contributed by atoms with Crippen molar-refractivity contribution >= 4 is 39.8 Å². The van der Waals surface area contributed by atoms with Crippen LogP contribution in [0, 0.1) is 16.7 Å². The summed E-state index contributed by atoms with van der Waals surface area (Å²) < 4.78 is 4.65. The van der Waals surface area contributed by atoms with Crippen LogP contribution < -0.4 is 5.32 Å². The lowest BCUT2D eigenvalue weighted by molar-refractivity contribution is -0.383. The normalized spacial score (nSPS) is 10.5. The third-order valence-corrected chi connectivity index (χ3v) is 4.41. The van der Waals surface area contributed by atoms with Gasteiger partial charge >= 0.3 is 11.7 Å². The predicted octanol–water partition coefficient (Wildman–Crippen LogP) is 4.79. The fourth-order valence-electron chi connectivity index (χ4n) is 3.05. The molecule has 2 N–H and O–H groups in total. The van der Waals surface area contributed by atoms with E-state index in [4.69, 9.17) is 6.57 Å². The van der Waals surface area contributed by atoms with Gasteiger partial charge in [0.05, 0.1) is 22.7 Å². The van der Waals surface area contributed by atoms with Gasteiger partial charge in [0, 0.05) is 11.8 Å². The Morgan fingerprint density at radius 2 is 1.93 bits per heavy atom. The molecule has 0 aliphatic heterocycles. The lowest BCUT2D eigenvalue weighted by Crippen LogP contribution is -2.01. The van der Waals surface area contributed by atoms with Crippen molar-refractivity contribution in [2.24, 2.45) is 0 Å². The number of nitro groups is 1. The molecule has 1 aromatic heterocycles. The van der Waals surface area contributed by atoms with Crippen molar-refractivity contribution in [3.05, 3.63) is 81.7 Å². The number of carbonyl (C=O) groups is 1. The van der Waals surface area contributed by atoms with E-state index in [2.05, 4.69) is 25.1 Å². The summed E-state index contributed by atoms with van der Waals surface area (Å²) in [5.74, 6) is -1.11. The number of fused-ring (bicyclic) bond motifs is 1. The molecule has 0 fully saturated rings. The van der Waals surface area contributed by atoms with Crippen LogP contribution >= 0.6 is 0 Å². The fourth-order valence-corrected chi connectivity index (χ4v) is 3.05. The van der Waals surface area contributed by atoms with Crippen LogP contribution in [-0.4, -0.2) is 26.3 Å². The molecule has 0 saturated heterocycles. The SMILES string of the molecule is [C-]#[N+]c1cccc(-c2cc(Nc3ccc([N+](=O)[O-])c4nonc34)ccc2C(=O)O)c1. The Hall–Kier alpha value is -4.78. The van der Waals surface area contributed by atoms with Crippen molar-refractivity contribution in [1.82, 2.24) is 10.3 Å². The number of nitrogens with zero attached hydrogens (tertiary/aromatic N) is 4. The minimum atomic E-state index is -1.11. The third-order valence-electron chi connectivity index (χ3n) is 4.41. The number of aromatic nitrogens is 2. The van der Waals surface area contributed by atoms with Crippen molar-refractivity contribution in [2.45, 2.75) is 0 Å². The number of rotatable bonds is 5. The summed E-state index contributed by atoms with van der Waals surface area (Å²) in [6.07, 6.45) is 0. The first-order valence-electron chi connectivity index (χ1n) is 8.50. The Morgan fingerprint density at radius 1 is 1.13 bits per heavy atom. The molecule has 0 aliphatic carbocycles. The van der Waals surface area contributed by atoms with Crippen LogP contribution in [0.4, 0.5) is 22.7 Å². The number of benzene rings is 3. The maximum atomic E-state index is 11.7. The number of carboxylic acids is 1. The summed E-state index contributed by atoms with van der Waals surface area (Å²) in [5.41, 5.74) is 2.28. The highest BCUT2D eigenvalue weighted by molar-refractivity contribution is 5.99. The Labute approximate surface area is 168 Å². The second-order valence-electron chi connectivity index (χ2n) is 6.20. The van der Waals surface area contributed by atoms with Gasteiger partial charge in [-0.3, -0.25) is 10.1 Å². The Morgan fingerprint density at radius 3 is 2.67 bits per heavy atom. The average molecular weight is 401 g/mol. The second kappa shape index (κ2) is 7.33. The Balaban J connectivity index is 1.80. The molecule has 146 valence electrons. The van der Waals surface area contributed by atoms with Crippen LogP contribution in [0.2, 0.25) is 0 Å². The van der Waals surface area contributed by atoms with E-state index in [1.165, 1.54) is 18.2 Å². The highest BCUT2D eigenvalue weighted by atomic mass is 16.6. The molecule has 0 radical (unpaired) electrons. The van der Waals surface area contributed by atoms with E-state index in [-0.39, 0.29) is 22.3 Å². The number of hydrogen-bond donors (Lipinski definition) is 2. The standard InChI is InChI=1S/C20H11N5O5/c1-21-12-4-2-3-11(9-12)15-10-13(5-6-14(15)20(26)27)22-16-7-8-17(25(28)29)19-18(16)23-30-24-19/h2-10,22H,(H,26,27). The van der Waals surface area contributed by atoms with Gasteiger partial charge in [-0.25, -0.2) is 14.3 Å². The van der Waals surface area contributed by atoms with E-state index in [0.717, 1.165) is 0 Å². The lowest BCUT2D eigenvalue weighted by Gasteiger charge is -2.12. The Bertz CT molecular complexity index is 1360. The first kappa shape index (κ1) is 18.6. The van der Waals surface area contributed by atoms with Crippen LogP contribution in [0.25, 0.3) is 27.0 Å². The van der Waals surface area contributed by atoms with Gasteiger partial charge in [-0.05, 0) is 51.8 Å². The molecule has 4 aromatic rings. The number of carboxylic acid groups (broad SMARTS) is 1. The zero-order valence-electron chi connectivity index (χ0n) is 15.1. The molecule has 0 atom stereocenters. The summed E-state index contributed by atoms with van der Waals surface area (Å²) in [4.78, 5) is 25.6. The number of anilines is 2. The van der Waals surface area contributed by atoms with Crippen molar-refractivity contribution < 1.29 is 19.5 Å². The van der Waals surface area contributed by atoms with Gasteiger partial charge in [0.2, 0.25) is 5.52 Å². The number of nitrogens with one attached hydrogen (secondary N) is 1. The maximum Gasteiger partial charge on any atom is 0.336 e. The van der Waals surface area contributed by atoms with E-state index in [1.54, 1.807) is 36.4 Å². The molecular formula is C20H11N5O5. The van der Waals surface area contributed by atoms with Crippen molar-refractivity contribution in [3.8, 4) is 11.1 Å². The average Bonchev–Trinajstić information content (AvgIpc) is 3.24. The zero-order chi connectivity index (χ0) is 21.3. The van der Waals surface area contributed by atoms with Crippen molar-refractivity contribution in [1.29, 1.82) is 0 Å². The van der Waals surface area contributed by atoms with Gasteiger partial charge in [0.25, 0.3) is 0 Å². The summed E-state index contributed by atoms with van der Waals surface area (Å²) in [6.45, 7) is 7.17. The summed E-state index contributed by atoms with van der Waals surface area (Å²) in [7, 11) is 0. The molecule has 0 saturated carbocycles. The molecule has 4 rings (SSSR count). The second-order valence-corrected chi connectivity index (χ2v) is 6.20. The molecule has 0 amide bonds. The molecule has 0 aliphatic rings. The minimum Gasteiger partial charge on any atom is -0.478 e. The van der Waals surface area contributed by atoms with E-state index in [1.807, 2.05) is 0 Å². The van der Waals surface area contributed by atoms with Gasteiger partial charge in [0.1, 0.15) is 0 Å². The fraction of sp³-hybridized carbons (Fsp3) is 0. The number of aromatic carboxylic acids is 1. The molecule has 30 heavy (non-hydrogen) atoms. The molecule has 3 aromatic carbocycles.